The van der Waals surface area contributed by atoms with Crippen LogP contribution in [0.2, 0.25) is 0 Å². The molecule has 0 aliphatic rings. The van der Waals surface area contributed by atoms with E-state index in [1.807, 2.05) is 0 Å². The van der Waals surface area contributed by atoms with Gasteiger partial charge in [0.25, 0.3) is 0 Å². The van der Waals surface area contributed by atoms with Crippen molar-refractivity contribution in [2.24, 2.45) is 0 Å². The summed E-state index contributed by atoms with van der Waals surface area (Å²) in [4.78, 5) is 16.6. The molecule has 0 saturated carbocycles. The molecule has 0 aliphatic heterocycles. The third-order valence-electron chi connectivity index (χ3n) is 13.7. The molecule has 6 nitrogen and oxygen atoms in total. The summed E-state index contributed by atoms with van der Waals surface area (Å²) in [6.45, 7) is 0. The van der Waals surface area contributed by atoms with Gasteiger partial charge in [0.15, 0.2) is 11.6 Å². The Labute approximate surface area is 397 Å². The molecule has 322 valence electrons. The standard InChI is InChI=1S/C63H40N6/c1-3-19-41(20-4-1)43-35-37-49-47-25-7-13-29-53(47)67(59(49)39-43)57-33-17-11-27-51(57)61-64-62(66-63(65-61)69-55-31-15-9-23-45(55)46-24-10-16-32-56(46)69)52-28-12-18-34-58(52)68-54-30-14-8-26-48(54)50-38-36-44(40-60(50)68)42-21-5-2-6-22-42/h1-40H. The molecule has 14 aromatic rings. The molecule has 0 radical (unpaired) electrons. The van der Waals surface area contributed by atoms with Gasteiger partial charge in [-0.3, -0.25) is 4.57 Å². The molecule has 0 N–H and O–H groups in total. The number of hydrogen-bond donors (Lipinski definition) is 0. The fourth-order valence-corrected chi connectivity index (χ4v) is 10.6. The van der Waals surface area contributed by atoms with Gasteiger partial charge in [-0.1, -0.05) is 182 Å². The van der Waals surface area contributed by atoms with Gasteiger partial charge in [0, 0.05) is 43.4 Å². The van der Waals surface area contributed by atoms with Crippen molar-refractivity contribution in [1.82, 2.24) is 28.7 Å². The lowest BCUT2D eigenvalue weighted by atomic mass is 10.0. The minimum atomic E-state index is 0.541. The number of fused-ring (bicyclic) bond motifs is 9. The van der Waals surface area contributed by atoms with E-state index in [4.69, 9.17) is 15.0 Å². The zero-order valence-electron chi connectivity index (χ0n) is 37.3. The van der Waals surface area contributed by atoms with E-state index in [0.717, 1.165) is 77.5 Å². The van der Waals surface area contributed by atoms with Crippen LogP contribution in [0.4, 0.5) is 0 Å². The second kappa shape index (κ2) is 15.6. The molecule has 6 heteroatoms. The van der Waals surface area contributed by atoms with Crippen molar-refractivity contribution >= 4 is 65.4 Å². The van der Waals surface area contributed by atoms with E-state index in [9.17, 15) is 0 Å². The van der Waals surface area contributed by atoms with Gasteiger partial charge in [0.05, 0.1) is 44.5 Å². The van der Waals surface area contributed by atoms with E-state index in [0.29, 0.717) is 17.6 Å². The summed E-state index contributed by atoms with van der Waals surface area (Å²) >= 11 is 0. The lowest BCUT2D eigenvalue weighted by Gasteiger charge is -2.17. The molecule has 0 aliphatic carbocycles. The van der Waals surface area contributed by atoms with Crippen LogP contribution in [0, 0.1) is 0 Å². The summed E-state index contributed by atoms with van der Waals surface area (Å²) in [6, 6.07) is 86.2. The Kier molecular flexibility index (Phi) is 8.79. The Bertz CT molecular complexity index is 4040. The van der Waals surface area contributed by atoms with Crippen LogP contribution in [-0.2, 0) is 0 Å². The highest BCUT2D eigenvalue weighted by atomic mass is 15.2. The summed E-state index contributed by atoms with van der Waals surface area (Å²) in [5.74, 6) is 1.68. The summed E-state index contributed by atoms with van der Waals surface area (Å²) in [7, 11) is 0. The van der Waals surface area contributed by atoms with E-state index in [-0.39, 0.29) is 0 Å². The number of aromatic nitrogens is 6. The summed E-state index contributed by atoms with van der Waals surface area (Å²) in [5.41, 5.74) is 14.8. The fourth-order valence-electron chi connectivity index (χ4n) is 10.6. The van der Waals surface area contributed by atoms with Gasteiger partial charge in [0.2, 0.25) is 5.95 Å². The predicted octanol–water partition coefficient (Wildman–Crippen LogP) is 15.8. The van der Waals surface area contributed by atoms with E-state index < -0.39 is 0 Å². The maximum absolute atomic E-state index is 5.57. The Morgan fingerprint density at radius 1 is 0.232 bits per heavy atom. The SMILES string of the molecule is c1ccc(-c2ccc3c4ccccc4n(-c4ccccc4-c4nc(-c5ccccc5-n5c6ccccc6c6ccc(-c7ccccc7)cc65)nc(-n5c6ccccc6c6ccccc65)n4)c3c2)cc1. The molecular weight excluding hydrogens is 841 g/mol. The molecule has 4 heterocycles. The molecule has 0 fully saturated rings. The van der Waals surface area contributed by atoms with E-state index in [1.165, 1.54) is 32.7 Å². The van der Waals surface area contributed by atoms with Gasteiger partial charge in [-0.05, 0) is 82.9 Å². The Balaban J connectivity index is 1.05. The van der Waals surface area contributed by atoms with Crippen molar-refractivity contribution in [1.29, 1.82) is 0 Å². The molecule has 0 spiro atoms. The van der Waals surface area contributed by atoms with Gasteiger partial charge < -0.3 is 9.13 Å². The summed E-state index contributed by atoms with van der Waals surface area (Å²) < 4.78 is 6.96. The van der Waals surface area contributed by atoms with Crippen LogP contribution < -0.4 is 0 Å². The zero-order valence-corrected chi connectivity index (χ0v) is 37.3. The lowest BCUT2D eigenvalue weighted by Crippen LogP contribution is -2.09. The molecule has 0 amide bonds. The van der Waals surface area contributed by atoms with Crippen LogP contribution in [0.15, 0.2) is 243 Å². The Morgan fingerprint density at radius 3 is 0.986 bits per heavy atom. The van der Waals surface area contributed by atoms with Crippen LogP contribution in [0.25, 0.3) is 128 Å². The highest BCUT2D eigenvalue weighted by Gasteiger charge is 2.24. The number of rotatable bonds is 7. The Morgan fingerprint density at radius 2 is 0.565 bits per heavy atom. The topological polar surface area (TPSA) is 53.5 Å². The van der Waals surface area contributed by atoms with Crippen molar-refractivity contribution in [3.05, 3.63) is 243 Å². The quantitative estimate of drug-likeness (QED) is 0.160. The highest BCUT2D eigenvalue weighted by molar-refractivity contribution is 6.12. The summed E-state index contributed by atoms with van der Waals surface area (Å²) in [6.07, 6.45) is 0. The molecule has 0 bridgehead atoms. The second-order valence-corrected chi connectivity index (χ2v) is 17.6. The molecule has 14 rings (SSSR count). The molecule has 4 aromatic heterocycles. The smallest absolute Gasteiger partial charge is 0.238 e. The van der Waals surface area contributed by atoms with Crippen LogP contribution in [0.1, 0.15) is 0 Å². The average molecular weight is 881 g/mol. The van der Waals surface area contributed by atoms with Crippen molar-refractivity contribution < 1.29 is 0 Å². The fraction of sp³-hybridized carbons (Fsp3) is 0. The van der Waals surface area contributed by atoms with Gasteiger partial charge in [-0.25, -0.2) is 4.98 Å². The van der Waals surface area contributed by atoms with Gasteiger partial charge in [0.1, 0.15) is 0 Å². The van der Waals surface area contributed by atoms with Crippen LogP contribution in [0.5, 0.6) is 0 Å². The monoisotopic (exact) mass is 880 g/mol. The normalized spacial score (nSPS) is 11.8. The van der Waals surface area contributed by atoms with Crippen molar-refractivity contribution in [3.8, 4) is 62.4 Å². The first-order valence-corrected chi connectivity index (χ1v) is 23.4. The minimum Gasteiger partial charge on any atom is -0.308 e. The molecule has 69 heavy (non-hydrogen) atoms. The predicted molar refractivity (Wildman–Crippen MR) is 285 cm³/mol. The minimum absolute atomic E-state index is 0.541. The van der Waals surface area contributed by atoms with E-state index in [2.05, 4.69) is 256 Å². The third kappa shape index (κ3) is 6.16. The summed E-state index contributed by atoms with van der Waals surface area (Å²) in [5, 5.41) is 6.99. The number of nitrogens with zero attached hydrogens (tertiary/aromatic N) is 6. The number of hydrogen-bond acceptors (Lipinski definition) is 3. The van der Waals surface area contributed by atoms with Crippen LogP contribution >= 0.6 is 0 Å². The van der Waals surface area contributed by atoms with Gasteiger partial charge in [-0.2, -0.15) is 9.97 Å². The third-order valence-corrected chi connectivity index (χ3v) is 13.7. The first kappa shape index (κ1) is 38.8. The highest BCUT2D eigenvalue weighted by Crippen LogP contribution is 2.41. The number of benzene rings is 10. The maximum atomic E-state index is 5.57. The molecular formula is C63H40N6. The van der Waals surface area contributed by atoms with Gasteiger partial charge in [-0.15, -0.1) is 0 Å². The van der Waals surface area contributed by atoms with Crippen molar-refractivity contribution in [3.63, 3.8) is 0 Å². The molecule has 0 unspecified atom stereocenters. The Hall–Kier alpha value is -9.39. The van der Waals surface area contributed by atoms with Crippen LogP contribution in [-0.4, -0.2) is 28.7 Å². The maximum Gasteiger partial charge on any atom is 0.238 e. The number of para-hydroxylation sites is 6. The second-order valence-electron chi connectivity index (χ2n) is 17.6. The largest absolute Gasteiger partial charge is 0.308 e. The lowest BCUT2D eigenvalue weighted by molar-refractivity contribution is 0.950. The van der Waals surface area contributed by atoms with Crippen molar-refractivity contribution in [2.45, 2.75) is 0 Å². The molecule has 0 saturated heterocycles. The van der Waals surface area contributed by atoms with Crippen LogP contribution in [0.3, 0.4) is 0 Å². The average Bonchev–Trinajstić information content (AvgIpc) is 4.06. The zero-order chi connectivity index (χ0) is 45.4. The molecule has 10 aromatic carbocycles. The van der Waals surface area contributed by atoms with E-state index >= 15 is 0 Å². The van der Waals surface area contributed by atoms with Gasteiger partial charge >= 0.3 is 0 Å². The first-order valence-electron chi connectivity index (χ1n) is 23.4. The van der Waals surface area contributed by atoms with Crippen molar-refractivity contribution in [2.75, 3.05) is 0 Å². The first-order chi connectivity index (χ1) is 34.2. The van der Waals surface area contributed by atoms with E-state index in [1.54, 1.807) is 0 Å². The molecule has 0 atom stereocenters.